The summed E-state index contributed by atoms with van der Waals surface area (Å²) >= 11 is 6.99. The molecule has 0 saturated heterocycles. The molecular weight excluding hydrogens is 455 g/mol. The van der Waals surface area contributed by atoms with Gasteiger partial charge in [0.15, 0.2) is 5.82 Å². The van der Waals surface area contributed by atoms with Gasteiger partial charge in [0.2, 0.25) is 10.0 Å². The molecule has 0 saturated carbocycles. The van der Waals surface area contributed by atoms with Crippen LogP contribution in [-0.4, -0.2) is 23.2 Å². The number of nitrogens with two attached hydrogens (primary N) is 1. The second kappa shape index (κ2) is 7.74. The third-order valence-corrected chi connectivity index (χ3v) is 6.47. The minimum absolute atomic E-state index is 0.0117. The monoisotopic (exact) mass is 465 g/mol. The van der Waals surface area contributed by atoms with Crippen LogP contribution in [0.2, 0.25) is 5.02 Å². The van der Waals surface area contributed by atoms with E-state index in [2.05, 4.69) is 15.4 Å². The van der Waals surface area contributed by atoms with E-state index >= 15 is 0 Å². The molecule has 3 aromatic rings. The highest BCUT2D eigenvalue weighted by atomic mass is 35.5. The Morgan fingerprint density at radius 2 is 1.93 bits per heavy atom. The topological polar surface area (TPSA) is 120 Å². The number of hydrogen-bond acceptors (Lipinski definition) is 7. The first-order valence-electron chi connectivity index (χ1n) is 7.63. The van der Waals surface area contributed by atoms with E-state index in [9.17, 15) is 26.4 Å². The fourth-order valence-electron chi connectivity index (χ4n) is 2.19. The number of thiophene rings is 1. The Labute approximate surface area is 170 Å². The molecule has 0 fully saturated rings. The van der Waals surface area contributed by atoms with Gasteiger partial charge in [0, 0.05) is 17.6 Å². The van der Waals surface area contributed by atoms with Crippen LogP contribution in [-0.2, 0) is 22.7 Å². The quantitative estimate of drug-likeness (QED) is 0.597. The largest absolute Gasteiger partial charge is 0.417 e. The fraction of sp³-hybridized carbons (Fsp3) is 0.133. The maximum Gasteiger partial charge on any atom is 0.417 e. The zero-order chi connectivity index (χ0) is 21.4. The van der Waals surface area contributed by atoms with Gasteiger partial charge in [0.1, 0.15) is 9.23 Å². The molecule has 8 nitrogen and oxygen atoms in total. The third kappa shape index (κ3) is 4.75. The van der Waals surface area contributed by atoms with Crippen molar-refractivity contribution in [1.82, 2.24) is 14.8 Å². The van der Waals surface area contributed by atoms with Gasteiger partial charge < -0.3 is 5.32 Å². The molecule has 0 aliphatic rings. The minimum atomic E-state index is -4.56. The van der Waals surface area contributed by atoms with Crippen molar-refractivity contribution in [3.63, 3.8) is 0 Å². The fourth-order valence-corrected chi connectivity index (χ4v) is 4.10. The molecule has 3 aromatic heterocycles. The van der Waals surface area contributed by atoms with Crippen LogP contribution in [0.5, 0.6) is 0 Å². The van der Waals surface area contributed by atoms with Crippen LogP contribution in [0.15, 0.2) is 45.7 Å². The molecule has 0 spiro atoms. The normalized spacial score (nSPS) is 12.2. The zero-order valence-corrected chi connectivity index (χ0v) is 16.5. The van der Waals surface area contributed by atoms with E-state index in [0.29, 0.717) is 11.1 Å². The van der Waals surface area contributed by atoms with Crippen molar-refractivity contribution in [2.45, 2.75) is 16.9 Å². The summed E-state index contributed by atoms with van der Waals surface area (Å²) in [5.41, 5.74) is -1.60. The second-order valence-corrected chi connectivity index (χ2v) is 8.95. The number of halogens is 4. The summed E-state index contributed by atoms with van der Waals surface area (Å²) in [6.07, 6.45) is -2.76. The van der Waals surface area contributed by atoms with Gasteiger partial charge in [0.25, 0.3) is 5.56 Å². The number of anilines is 1. The number of aromatic nitrogens is 3. The highest BCUT2D eigenvalue weighted by molar-refractivity contribution is 7.91. The molecule has 3 N–H and O–H groups in total. The predicted octanol–water partition coefficient (Wildman–Crippen LogP) is 2.62. The molecule has 0 bridgehead atoms. The van der Waals surface area contributed by atoms with Gasteiger partial charge in [-0.05, 0) is 24.3 Å². The van der Waals surface area contributed by atoms with Gasteiger partial charge in [0.05, 0.1) is 17.4 Å². The smallest absolute Gasteiger partial charge is 0.377 e. The highest BCUT2D eigenvalue weighted by Gasteiger charge is 2.30. The van der Waals surface area contributed by atoms with Crippen molar-refractivity contribution in [1.29, 1.82) is 0 Å². The van der Waals surface area contributed by atoms with Crippen molar-refractivity contribution in [2.24, 2.45) is 5.14 Å². The predicted molar refractivity (Wildman–Crippen MR) is 101 cm³/mol. The number of pyridine rings is 1. The lowest BCUT2D eigenvalue weighted by Gasteiger charge is -2.10. The summed E-state index contributed by atoms with van der Waals surface area (Å²) < 4.78 is 61.2. The Morgan fingerprint density at radius 3 is 2.48 bits per heavy atom. The molecule has 3 heterocycles. The number of hydrogen-bond donors (Lipinski definition) is 2. The first-order chi connectivity index (χ1) is 13.5. The molecule has 0 aromatic carbocycles. The molecule has 0 amide bonds. The summed E-state index contributed by atoms with van der Waals surface area (Å²) in [7, 11) is -3.81. The van der Waals surface area contributed by atoms with Crippen molar-refractivity contribution in [3.05, 3.63) is 62.5 Å². The molecule has 154 valence electrons. The van der Waals surface area contributed by atoms with Gasteiger partial charge in [-0.1, -0.05) is 11.6 Å². The summed E-state index contributed by atoms with van der Waals surface area (Å²) in [5, 5.41) is 11.5. The van der Waals surface area contributed by atoms with Gasteiger partial charge in [-0.3, -0.25) is 4.79 Å². The van der Waals surface area contributed by atoms with E-state index in [1.165, 1.54) is 12.3 Å². The zero-order valence-electron chi connectivity index (χ0n) is 14.1. The maximum atomic E-state index is 12.6. The van der Waals surface area contributed by atoms with Crippen LogP contribution in [0.1, 0.15) is 10.4 Å². The standard InChI is InChI=1S/C15H11ClF3N5O3S2/c16-13-10(21-6-9-2-4-12(28-9)29(20,26)27)7-23-24(14(13)25)11-3-1-8(5-22-11)15(17,18)19/h1-5,7,21H,6H2,(H2,20,26,27). The molecule has 14 heteroatoms. The van der Waals surface area contributed by atoms with E-state index in [1.54, 1.807) is 6.07 Å². The lowest BCUT2D eigenvalue weighted by Crippen LogP contribution is -2.23. The molecule has 3 rings (SSSR count). The van der Waals surface area contributed by atoms with Gasteiger partial charge in [-0.15, -0.1) is 11.3 Å². The van der Waals surface area contributed by atoms with E-state index in [0.717, 1.165) is 28.2 Å². The number of alkyl halides is 3. The molecule has 0 unspecified atom stereocenters. The lowest BCUT2D eigenvalue weighted by atomic mass is 10.3. The first kappa shape index (κ1) is 21.2. The van der Waals surface area contributed by atoms with E-state index < -0.39 is 27.3 Å². The van der Waals surface area contributed by atoms with Crippen molar-refractivity contribution < 1.29 is 21.6 Å². The average Bonchev–Trinajstić information content (AvgIpc) is 3.12. The Morgan fingerprint density at radius 1 is 1.21 bits per heavy atom. The van der Waals surface area contributed by atoms with E-state index in [4.69, 9.17) is 16.7 Å². The van der Waals surface area contributed by atoms with E-state index in [-0.39, 0.29) is 27.3 Å². The van der Waals surface area contributed by atoms with Crippen molar-refractivity contribution in [3.8, 4) is 5.82 Å². The molecule has 0 aliphatic heterocycles. The van der Waals surface area contributed by atoms with Crippen LogP contribution in [0.25, 0.3) is 5.82 Å². The molecule has 29 heavy (non-hydrogen) atoms. The van der Waals surface area contributed by atoms with E-state index in [1.807, 2.05) is 0 Å². The molecule has 0 radical (unpaired) electrons. The lowest BCUT2D eigenvalue weighted by molar-refractivity contribution is -0.137. The molecular formula is C15H11ClF3N5O3S2. The average molecular weight is 466 g/mol. The summed E-state index contributed by atoms with van der Waals surface area (Å²) in [4.78, 5) is 16.6. The third-order valence-electron chi connectivity index (χ3n) is 3.58. The number of primary sulfonamides is 1. The first-order valence-corrected chi connectivity index (χ1v) is 10.4. The van der Waals surface area contributed by atoms with Crippen LogP contribution in [0.3, 0.4) is 0 Å². The van der Waals surface area contributed by atoms with Crippen LogP contribution in [0.4, 0.5) is 18.9 Å². The highest BCUT2D eigenvalue weighted by Crippen LogP contribution is 2.28. The van der Waals surface area contributed by atoms with Gasteiger partial charge in [-0.25, -0.2) is 18.5 Å². The van der Waals surface area contributed by atoms with Gasteiger partial charge >= 0.3 is 6.18 Å². The number of nitrogens with zero attached hydrogens (tertiary/aromatic N) is 3. The Balaban J connectivity index is 1.81. The number of nitrogens with one attached hydrogen (secondary N) is 1. The van der Waals surface area contributed by atoms with Gasteiger partial charge in [-0.2, -0.15) is 23.0 Å². The maximum absolute atomic E-state index is 12.6. The molecule has 0 atom stereocenters. The van der Waals surface area contributed by atoms with Crippen LogP contribution < -0.4 is 16.0 Å². The Kier molecular flexibility index (Phi) is 5.67. The Bertz CT molecular complexity index is 1210. The summed E-state index contributed by atoms with van der Waals surface area (Å²) in [5.74, 6) is -0.132. The SMILES string of the molecule is NS(=O)(=O)c1ccc(CNc2cnn(-c3ccc(C(F)(F)F)cn3)c(=O)c2Cl)s1. The molecule has 0 aliphatic carbocycles. The Hall–Kier alpha value is -2.48. The summed E-state index contributed by atoms with van der Waals surface area (Å²) in [6, 6.07) is 4.68. The van der Waals surface area contributed by atoms with Crippen molar-refractivity contribution in [2.75, 3.05) is 5.32 Å². The van der Waals surface area contributed by atoms with Crippen LogP contribution in [0, 0.1) is 0 Å². The number of rotatable bonds is 5. The van der Waals surface area contributed by atoms with Crippen molar-refractivity contribution >= 4 is 38.6 Å². The summed E-state index contributed by atoms with van der Waals surface area (Å²) in [6.45, 7) is 0.142. The second-order valence-electron chi connectivity index (χ2n) is 5.61. The van der Waals surface area contributed by atoms with Crippen LogP contribution >= 0.6 is 22.9 Å². The number of sulfonamides is 1. The minimum Gasteiger partial charge on any atom is -0.377 e.